The van der Waals surface area contributed by atoms with Crippen LogP contribution in [-0.2, 0) is 14.3 Å². The average Bonchev–Trinajstić information content (AvgIpc) is 2.97. The number of aliphatic carboxylic acids is 1. The van der Waals surface area contributed by atoms with E-state index in [0.29, 0.717) is 18.6 Å². The van der Waals surface area contributed by atoms with Crippen molar-refractivity contribution < 1.29 is 34.4 Å². The molecule has 0 aliphatic heterocycles. The van der Waals surface area contributed by atoms with Crippen LogP contribution >= 0.6 is 0 Å². The molecule has 2 rings (SSSR count). The third kappa shape index (κ3) is 8.35. The Labute approximate surface area is 171 Å². The highest BCUT2D eigenvalue weighted by molar-refractivity contribution is 5.85. The second-order valence-electron chi connectivity index (χ2n) is 7.27. The lowest BCUT2D eigenvalue weighted by molar-refractivity contribution is -0.137. The van der Waals surface area contributed by atoms with Gasteiger partial charge in [0.15, 0.2) is 0 Å². The molecule has 0 aromatic heterocycles. The number of unbranched alkanes of at least 4 members (excludes halogenated alkanes) is 2. The first-order valence-corrected chi connectivity index (χ1v) is 10.0. The van der Waals surface area contributed by atoms with Crippen molar-refractivity contribution in [1.29, 1.82) is 0 Å². The van der Waals surface area contributed by atoms with Crippen molar-refractivity contribution in [2.24, 2.45) is 5.92 Å². The molecule has 29 heavy (non-hydrogen) atoms. The molecular formula is C22H30O7. The predicted octanol–water partition coefficient (Wildman–Crippen LogP) is 2.35. The van der Waals surface area contributed by atoms with Crippen molar-refractivity contribution in [3.63, 3.8) is 0 Å². The van der Waals surface area contributed by atoms with Gasteiger partial charge in [-0.25, -0.2) is 0 Å². The van der Waals surface area contributed by atoms with Crippen LogP contribution in [0.5, 0.6) is 5.75 Å². The molecule has 4 unspecified atom stereocenters. The van der Waals surface area contributed by atoms with Crippen molar-refractivity contribution >= 4 is 11.8 Å². The summed E-state index contributed by atoms with van der Waals surface area (Å²) in [4.78, 5) is 22.6. The van der Waals surface area contributed by atoms with Crippen LogP contribution in [0.3, 0.4) is 0 Å². The summed E-state index contributed by atoms with van der Waals surface area (Å²) in [6.45, 7) is 0.0267. The monoisotopic (exact) mass is 406 g/mol. The highest BCUT2D eigenvalue weighted by atomic mass is 16.5. The SMILES string of the molecule is O=C(O)CCCC/C=C/CC1C(=O)CC(O)C1OCC(O)COc1ccccc1. The molecule has 0 heterocycles. The highest BCUT2D eigenvalue weighted by Crippen LogP contribution is 2.29. The highest BCUT2D eigenvalue weighted by Gasteiger charge is 2.41. The largest absolute Gasteiger partial charge is 0.491 e. The Balaban J connectivity index is 1.72. The second kappa shape index (κ2) is 12.4. The van der Waals surface area contributed by atoms with Crippen molar-refractivity contribution in [1.82, 2.24) is 0 Å². The Kier molecular flexibility index (Phi) is 9.83. The molecule has 4 atom stereocenters. The number of hydrogen-bond donors (Lipinski definition) is 3. The molecule has 0 spiro atoms. The van der Waals surface area contributed by atoms with Gasteiger partial charge in [0, 0.05) is 18.8 Å². The van der Waals surface area contributed by atoms with Gasteiger partial charge in [-0.2, -0.15) is 0 Å². The van der Waals surface area contributed by atoms with Gasteiger partial charge in [0.2, 0.25) is 0 Å². The van der Waals surface area contributed by atoms with Crippen LogP contribution in [-0.4, -0.2) is 58.6 Å². The Hall–Kier alpha value is -2.22. The lowest BCUT2D eigenvalue weighted by Gasteiger charge is -2.22. The van der Waals surface area contributed by atoms with E-state index in [1.165, 1.54) is 0 Å². The molecule has 1 aliphatic rings. The maximum Gasteiger partial charge on any atom is 0.303 e. The fraction of sp³-hybridized carbons (Fsp3) is 0.545. The third-order valence-corrected chi connectivity index (χ3v) is 4.83. The molecule has 3 N–H and O–H groups in total. The van der Waals surface area contributed by atoms with Gasteiger partial charge in [-0.15, -0.1) is 0 Å². The molecule has 7 heteroatoms. The van der Waals surface area contributed by atoms with Crippen molar-refractivity contribution in [3.05, 3.63) is 42.5 Å². The number of aliphatic hydroxyl groups is 2. The van der Waals surface area contributed by atoms with Crippen LogP contribution < -0.4 is 4.74 Å². The average molecular weight is 406 g/mol. The summed E-state index contributed by atoms with van der Waals surface area (Å²) in [5.74, 6) is -0.638. The number of ether oxygens (including phenoxy) is 2. The molecule has 0 amide bonds. The quantitative estimate of drug-likeness (QED) is 0.340. The number of carboxylic acids is 1. The number of hydrogen-bond acceptors (Lipinski definition) is 6. The normalized spacial score (nSPS) is 22.8. The summed E-state index contributed by atoms with van der Waals surface area (Å²) in [5, 5.41) is 28.8. The van der Waals surface area contributed by atoms with Crippen LogP contribution in [0.2, 0.25) is 0 Å². The number of para-hydroxylation sites is 1. The van der Waals surface area contributed by atoms with E-state index < -0.39 is 30.2 Å². The summed E-state index contributed by atoms with van der Waals surface area (Å²) in [5.41, 5.74) is 0. The third-order valence-electron chi connectivity index (χ3n) is 4.83. The number of Topliss-reactive ketones (excluding diaryl/α,β-unsaturated/α-hetero) is 1. The number of aliphatic hydroxyl groups excluding tert-OH is 2. The smallest absolute Gasteiger partial charge is 0.303 e. The van der Waals surface area contributed by atoms with E-state index in [9.17, 15) is 19.8 Å². The molecule has 1 saturated carbocycles. The molecule has 1 aliphatic carbocycles. The number of rotatable bonds is 13. The fourth-order valence-electron chi connectivity index (χ4n) is 3.30. The first-order valence-electron chi connectivity index (χ1n) is 10.0. The minimum atomic E-state index is -0.876. The zero-order chi connectivity index (χ0) is 21.1. The van der Waals surface area contributed by atoms with Gasteiger partial charge in [-0.1, -0.05) is 30.4 Å². The Morgan fingerprint density at radius 2 is 1.93 bits per heavy atom. The number of carbonyl (C=O) groups is 2. The van der Waals surface area contributed by atoms with Gasteiger partial charge in [-0.3, -0.25) is 9.59 Å². The van der Waals surface area contributed by atoms with Crippen LogP contribution in [0.25, 0.3) is 0 Å². The van der Waals surface area contributed by atoms with Crippen LogP contribution in [0.4, 0.5) is 0 Å². The first kappa shape index (κ1) is 23.1. The molecule has 7 nitrogen and oxygen atoms in total. The van der Waals surface area contributed by atoms with Gasteiger partial charge >= 0.3 is 5.97 Å². The summed E-state index contributed by atoms with van der Waals surface area (Å²) >= 11 is 0. The Bertz CT molecular complexity index is 658. The molecule has 1 fully saturated rings. The maximum atomic E-state index is 12.2. The van der Waals surface area contributed by atoms with Gasteiger partial charge in [0.25, 0.3) is 0 Å². The Morgan fingerprint density at radius 3 is 2.66 bits per heavy atom. The van der Waals surface area contributed by atoms with Crippen molar-refractivity contribution in [3.8, 4) is 5.75 Å². The standard InChI is InChI=1S/C22H30O7/c23-16(14-28-17-9-5-4-6-10-17)15-29-22-18(19(24)13-20(22)25)11-7-2-1-3-8-12-21(26)27/h2,4-7,9-10,16,18,20,22-23,25H,1,3,8,11-15H2,(H,26,27)/b7-2+. The van der Waals surface area contributed by atoms with E-state index in [0.717, 1.165) is 12.8 Å². The van der Waals surface area contributed by atoms with Gasteiger partial charge in [0.05, 0.1) is 18.8 Å². The molecule has 1 aromatic carbocycles. The number of carboxylic acid groups (broad SMARTS) is 1. The van der Waals surface area contributed by atoms with Gasteiger partial charge < -0.3 is 24.8 Å². The van der Waals surface area contributed by atoms with Crippen molar-refractivity contribution in [2.45, 2.75) is 56.8 Å². The van der Waals surface area contributed by atoms with E-state index >= 15 is 0 Å². The molecule has 0 saturated heterocycles. The number of carbonyl (C=O) groups excluding carboxylic acids is 1. The summed E-state index contributed by atoms with van der Waals surface area (Å²) < 4.78 is 11.1. The predicted molar refractivity (Wildman–Crippen MR) is 107 cm³/mol. The van der Waals surface area contributed by atoms with E-state index in [1.807, 2.05) is 30.4 Å². The number of ketones is 1. The summed E-state index contributed by atoms with van der Waals surface area (Å²) in [7, 11) is 0. The second-order valence-corrected chi connectivity index (χ2v) is 7.27. The zero-order valence-electron chi connectivity index (χ0n) is 16.5. The summed E-state index contributed by atoms with van der Waals surface area (Å²) in [6.07, 6.45) is 4.23. The topological polar surface area (TPSA) is 113 Å². The van der Waals surface area contributed by atoms with Crippen LogP contribution in [0.1, 0.15) is 38.5 Å². The molecular weight excluding hydrogens is 376 g/mol. The van der Waals surface area contributed by atoms with Gasteiger partial charge in [0.1, 0.15) is 24.2 Å². The molecule has 160 valence electrons. The molecule has 1 aromatic rings. The van der Waals surface area contributed by atoms with Gasteiger partial charge in [-0.05, 0) is 37.8 Å². The summed E-state index contributed by atoms with van der Waals surface area (Å²) in [6, 6.07) is 9.12. The van der Waals surface area contributed by atoms with E-state index in [-0.39, 0.29) is 31.8 Å². The maximum absolute atomic E-state index is 12.2. The molecule has 0 radical (unpaired) electrons. The minimum absolute atomic E-state index is 0.0305. The fourth-order valence-corrected chi connectivity index (χ4v) is 3.30. The Morgan fingerprint density at radius 1 is 1.17 bits per heavy atom. The number of allylic oxidation sites excluding steroid dienone is 2. The zero-order valence-corrected chi connectivity index (χ0v) is 16.5. The van der Waals surface area contributed by atoms with E-state index in [2.05, 4.69) is 0 Å². The lowest BCUT2D eigenvalue weighted by Crippen LogP contribution is -2.34. The molecule has 0 bridgehead atoms. The van der Waals surface area contributed by atoms with Crippen LogP contribution in [0.15, 0.2) is 42.5 Å². The van der Waals surface area contributed by atoms with Crippen molar-refractivity contribution in [2.75, 3.05) is 13.2 Å². The minimum Gasteiger partial charge on any atom is -0.491 e. The number of benzene rings is 1. The first-order chi connectivity index (χ1) is 14.0. The van der Waals surface area contributed by atoms with Crippen LogP contribution in [0, 0.1) is 5.92 Å². The lowest BCUT2D eigenvalue weighted by atomic mass is 9.99. The van der Waals surface area contributed by atoms with E-state index in [1.54, 1.807) is 12.1 Å². The van der Waals surface area contributed by atoms with E-state index in [4.69, 9.17) is 14.6 Å².